The van der Waals surface area contributed by atoms with E-state index >= 15 is 0 Å². The van der Waals surface area contributed by atoms with Crippen molar-refractivity contribution in [2.45, 2.75) is 33.2 Å². The third-order valence-electron chi connectivity index (χ3n) is 4.13. The van der Waals surface area contributed by atoms with Crippen LogP contribution in [0.4, 0.5) is 5.82 Å². The topological polar surface area (TPSA) is 67.1 Å². The van der Waals surface area contributed by atoms with Crippen LogP contribution in [0.15, 0.2) is 0 Å². The number of piperidine rings is 1. The summed E-state index contributed by atoms with van der Waals surface area (Å²) < 4.78 is 0. The standard InChI is InChI=1S/C14H23N5S/c1-8-7-19(4)6-5-11(8)16-14-12(13(15)20)9(2)10(3)17-18-14/h8,11H,5-7H2,1-4H3,(H2,15,20)(H,16,18). The molecule has 2 rings (SSSR count). The van der Waals surface area contributed by atoms with E-state index in [0.717, 1.165) is 42.1 Å². The van der Waals surface area contributed by atoms with Crippen LogP contribution < -0.4 is 11.1 Å². The van der Waals surface area contributed by atoms with E-state index in [9.17, 15) is 0 Å². The van der Waals surface area contributed by atoms with Gasteiger partial charge < -0.3 is 16.0 Å². The van der Waals surface area contributed by atoms with Gasteiger partial charge in [0, 0.05) is 12.6 Å². The van der Waals surface area contributed by atoms with Crippen LogP contribution >= 0.6 is 12.2 Å². The van der Waals surface area contributed by atoms with Gasteiger partial charge in [-0.1, -0.05) is 19.1 Å². The van der Waals surface area contributed by atoms with Crippen LogP contribution in [0.3, 0.4) is 0 Å². The minimum atomic E-state index is 0.378. The summed E-state index contributed by atoms with van der Waals surface area (Å²) in [6.07, 6.45) is 1.09. The highest BCUT2D eigenvalue weighted by atomic mass is 32.1. The Bertz CT molecular complexity index is 517. The zero-order valence-corrected chi connectivity index (χ0v) is 13.4. The number of aryl methyl sites for hydroxylation is 1. The first-order chi connectivity index (χ1) is 9.40. The van der Waals surface area contributed by atoms with Gasteiger partial charge in [0.15, 0.2) is 5.82 Å². The van der Waals surface area contributed by atoms with Crippen molar-refractivity contribution in [3.05, 3.63) is 16.8 Å². The molecule has 1 aliphatic heterocycles. The van der Waals surface area contributed by atoms with Gasteiger partial charge in [0.1, 0.15) is 4.99 Å². The van der Waals surface area contributed by atoms with E-state index in [1.165, 1.54) is 0 Å². The lowest BCUT2D eigenvalue weighted by atomic mass is 9.94. The molecule has 1 aromatic heterocycles. The summed E-state index contributed by atoms with van der Waals surface area (Å²) in [5.41, 5.74) is 8.57. The fourth-order valence-electron chi connectivity index (χ4n) is 2.76. The number of rotatable bonds is 3. The largest absolute Gasteiger partial charge is 0.389 e. The van der Waals surface area contributed by atoms with Gasteiger partial charge in [0.25, 0.3) is 0 Å². The summed E-state index contributed by atoms with van der Waals surface area (Å²) in [5.74, 6) is 1.28. The Hall–Kier alpha value is -1.27. The van der Waals surface area contributed by atoms with Gasteiger partial charge in [-0.3, -0.25) is 0 Å². The summed E-state index contributed by atoms with van der Waals surface area (Å²) in [5, 5.41) is 12.0. The van der Waals surface area contributed by atoms with Gasteiger partial charge in [0.05, 0.1) is 11.3 Å². The summed E-state index contributed by atoms with van der Waals surface area (Å²) in [7, 11) is 2.16. The lowest BCUT2D eigenvalue weighted by molar-refractivity contribution is 0.206. The Morgan fingerprint density at radius 3 is 2.70 bits per heavy atom. The van der Waals surface area contributed by atoms with Crippen LogP contribution in [0.25, 0.3) is 0 Å². The average Bonchev–Trinajstić information content (AvgIpc) is 2.36. The quantitative estimate of drug-likeness (QED) is 0.823. The van der Waals surface area contributed by atoms with Crippen molar-refractivity contribution in [2.75, 3.05) is 25.5 Å². The highest BCUT2D eigenvalue weighted by Crippen LogP contribution is 2.23. The summed E-state index contributed by atoms with van der Waals surface area (Å²) in [6, 6.07) is 0.385. The number of hydrogen-bond acceptors (Lipinski definition) is 5. The Kier molecular flexibility index (Phi) is 4.55. The van der Waals surface area contributed by atoms with Crippen molar-refractivity contribution < 1.29 is 0 Å². The first-order valence-electron chi connectivity index (χ1n) is 6.99. The van der Waals surface area contributed by atoms with E-state index in [1.807, 2.05) is 13.8 Å². The van der Waals surface area contributed by atoms with E-state index in [-0.39, 0.29) is 0 Å². The number of hydrogen-bond donors (Lipinski definition) is 2. The van der Waals surface area contributed by atoms with Gasteiger partial charge in [-0.05, 0) is 45.3 Å². The molecule has 110 valence electrons. The summed E-state index contributed by atoms with van der Waals surface area (Å²) in [6.45, 7) is 8.33. The normalized spacial score (nSPS) is 23.6. The molecule has 6 heteroatoms. The third kappa shape index (κ3) is 3.07. The second-order valence-electron chi connectivity index (χ2n) is 5.78. The molecule has 0 saturated carbocycles. The Labute approximate surface area is 125 Å². The molecule has 0 aromatic carbocycles. The van der Waals surface area contributed by atoms with Gasteiger partial charge in [0.2, 0.25) is 0 Å². The summed E-state index contributed by atoms with van der Waals surface area (Å²) in [4.78, 5) is 2.73. The molecule has 0 amide bonds. The number of nitrogens with two attached hydrogens (primary N) is 1. The number of nitrogens with one attached hydrogen (secondary N) is 1. The van der Waals surface area contributed by atoms with E-state index < -0.39 is 0 Å². The predicted octanol–water partition coefficient (Wildman–Crippen LogP) is 1.48. The highest BCUT2D eigenvalue weighted by molar-refractivity contribution is 7.80. The Morgan fingerprint density at radius 1 is 1.40 bits per heavy atom. The van der Waals surface area contributed by atoms with Crippen LogP contribution in [0.5, 0.6) is 0 Å². The van der Waals surface area contributed by atoms with Crippen LogP contribution in [0.2, 0.25) is 0 Å². The number of anilines is 1. The SMILES string of the molecule is Cc1nnc(NC2CCN(C)CC2C)c(C(N)=S)c1C. The smallest absolute Gasteiger partial charge is 0.159 e. The molecular weight excluding hydrogens is 270 g/mol. The molecule has 2 heterocycles. The van der Waals surface area contributed by atoms with Crippen molar-refractivity contribution in [3.8, 4) is 0 Å². The molecule has 1 aliphatic rings. The first kappa shape index (κ1) is 15.1. The highest BCUT2D eigenvalue weighted by Gasteiger charge is 2.26. The monoisotopic (exact) mass is 293 g/mol. The van der Waals surface area contributed by atoms with Gasteiger partial charge in [-0.15, -0.1) is 5.10 Å². The molecule has 1 saturated heterocycles. The molecule has 0 radical (unpaired) electrons. The fraction of sp³-hybridized carbons (Fsp3) is 0.643. The number of thiocarbonyl (C=S) groups is 1. The van der Waals surface area contributed by atoms with Crippen LogP contribution in [-0.4, -0.2) is 46.3 Å². The van der Waals surface area contributed by atoms with Crippen molar-refractivity contribution in [1.29, 1.82) is 0 Å². The summed E-state index contributed by atoms with van der Waals surface area (Å²) >= 11 is 5.17. The van der Waals surface area contributed by atoms with Crippen molar-refractivity contribution in [1.82, 2.24) is 15.1 Å². The van der Waals surface area contributed by atoms with Crippen LogP contribution in [0, 0.1) is 19.8 Å². The van der Waals surface area contributed by atoms with Gasteiger partial charge >= 0.3 is 0 Å². The molecular formula is C14H23N5S. The van der Waals surface area contributed by atoms with E-state index in [0.29, 0.717) is 16.9 Å². The van der Waals surface area contributed by atoms with Crippen LogP contribution in [0.1, 0.15) is 30.2 Å². The second kappa shape index (κ2) is 6.01. The maximum absolute atomic E-state index is 5.86. The van der Waals surface area contributed by atoms with Gasteiger partial charge in [-0.25, -0.2) is 0 Å². The first-order valence-corrected chi connectivity index (χ1v) is 7.39. The molecule has 1 aromatic rings. The maximum atomic E-state index is 5.86. The van der Waals surface area contributed by atoms with E-state index in [4.69, 9.17) is 18.0 Å². The predicted molar refractivity (Wildman–Crippen MR) is 86.1 cm³/mol. The maximum Gasteiger partial charge on any atom is 0.159 e. The fourth-order valence-corrected chi connectivity index (χ4v) is 3.00. The lowest BCUT2D eigenvalue weighted by Gasteiger charge is -2.35. The van der Waals surface area contributed by atoms with Crippen molar-refractivity contribution in [2.24, 2.45) is 11.7 Å². The van der Waals surface area contributed by atoms with Crippen LogP contribution in [-0.2, 0) is 0 Å². The van der Waals surface area contributed by atoms with Gasteiger partial charge in [-0.2, -0.15) is 5.10 Å². The minimum Gasteiger partial charge on any atom is -0.389 e. The molecule has 5 nitrogen and oxygen atoms in total. The molecule has 0 bridgehead atoms. The lowest BCUT2D eigenvalue weighted by Crippen LogP contribution is -2.43. The number of nitrogens with zero attached hydrogens (tertiary/aromatic N) is 3. The molecule has 2 unspecified atom stereocenters. The van der Waals surface area contributed by atoms with Crippen molar-refractivity contribution >= 4 is 23.0 Å². The molecule has 0 aliphatic carbocycles. The average molecular weight is 293 g/mol. The minimum absolute atomic E-state index is 0.378. The number of likely N-dealkylation sites (tertiary alicyclic amines) is 1. The molecule has 20 heavy (non-hydrogen) atoms. The molecule has 3 N–H and O–H groups in total. The molecule has 0 spiro atoms. The third-order valence-corrected chi connectivity index (χ3v) is 4.34. The zero-order chi connectivity index (χ0) is 14.9. The Balaban J connectivity index is 2.25. The van der Waals surface area contributed by atoms with Crippen molar-refractivity contribution in [3.63, 3.8) is 0 Å². The van der Waals surface area contributed by atoms with E-state index in [2.05, 4.69) is 34.4 Å². The Morgan fingerprint density at radius 2 is 2.10 bits per heavy atom. The molecule has 2 atom stereocenters. The molecule has 1 fully saturated rings. The van der Waals surface area contributed by atoms with E-state index in [1.54, 1.807) is 0 Å². The number of aromatic nitrogens is 2. The zero-order valence-electron chi connectivity index (χ0n) is 12.6. The second-order valence-corrected chi connectivity index (χ2v) is 6.22.